The van der Waals surface area contributed by atoms with Gasteiger partial charge in [-0.2, -0.15) is 0 Å². The van der Waals surface area contributed by atoms with Crippen molar-refractivity contribution in [2.75, 3.05) is 7.11 Å². The molecule has 0 spiro atoms. The van der Waals surface area contributed by atoms with Gasteiger partial charge in [0.05, 0.1) is 12.6 Å². The summed E-state index contributed by atoms with van der Waals surface area (Å²) in [6.07, 6.45) is 10.4. The first kappa shape index (κ1) is 23.4. The lowest BCUT2D eigenvalue weighted by Gasteiger charge is -2.58. The van der Waals surface area contributed by atoms with E-state index in [2.05, 4.69) is 44.4 Å². The van der Waals surface area contributed by atoms with Crippen LogP contribution in [0, 0.1) is 34.5 Å². The maximum atomic E-state index is 13.8. The van der Waals surface area contributed by atoms with E-state index in [-0.39, 0.29) is 34.6 Å². The summed E-state index contributed by atoms with van der Waals surface area (Å²) in [6, 6.07) is 8.20. The zero-order chi connectivity index (χ0) is 24.3. The standard InChI is InChI=1S/C29H40N2O3/c1-27(2,21-8-6-7-9-23(21)34-5)31-26(33)22-12-11-19-18-10-13-24-29(4,17-15-25(32)30-24)20(18)14-16-28(19,22)3/h6-9,15,17-20,22,24H,10-14,16H2,1-5H3,(H,30,32)(H,31,33)/t18-,19-,20-,22+,24+,28-,29+/m0/s1. The largest absolute Gasteiger partial charge is 0.496 e. The summed E-state index contributed by atoms with van der Waals surface area (Å²) in [4.78, 5) is 25.7. The maximum Gasteiger partial charge on any atom is 0.243 e. The average Bonchev–Trinajstić information content (AvgIpc) is 3.16. The number of methoxy groups -OCH3 is 1. The molecular formula is C29H40N2O3. The molecule has 3 fully saturated rings. The number of para-hydroxylation sites is 1. The number of amides is 2. The number of nitrogens with one attached hydrogen (secondary N) is 2. The minimum atomic E-state index is -0.508. The molecule has 7 atom stereocenters. The molecule has 4 aliphatic rings. The minimum Gasteiger partial charge on any atom is -0.496 e. The SMILES string of the molecule is COc1ccccc1C(C)(C)NC(=O)[C@H]1CC[C@H]2[C@@H]3CC[C@H]4NC(=O)C=C[C@]4(C)[C@H]3CC[C@]12C. The highest BCUT2D eigenvalue weighted by Gasteiger charge is 2.61. The summed E-state index contributed by atoms with van der Waals surface area (Å²) in [5, 5.41) is 6.64. The molecule has 3 aliphatic carbocycles. The van der Waals surface area contributed by atoms with Crippen LogP contribution in [0.2, 0.25) is 0 Å². The molecule has 0 bridgehead atoms. The van der Waals surface area contributed by atoms with Crippen LogP contribution >= 0.6 is 0 Å². The molecular weight excluding hydrogens is 424 g/mol. The zero-order valence-electron chi connectivity index (χ0n) is 21.3. The predicted octanol–water partition coefficient (Wildman–Crippen LogP) is 4.96. The molecule has 0 aromatic heterocycles. The Morgan fingerprint density at radius 1 is 1.09 bits per heavy atom. The Bertz CT molecular complexity index is 1020. The summed E-state index contributed by atoms with van der Waals surface area (Å²) in [5.74, 6) is 2.86. The first-order valence-electron chi connectivity index (χ1n) is 13.1. The monoisotopic (exact) mass is 464 g/mol. The predicted molar refractivity (Wildman–Crippen MR) is 133 cm³/mol. The van der Waals surface area contributed by atoms with E-state index in [1.54, 1.807) is 13.2 Å². The van der Waals surface area contributed by atoms with E-state index < -0.39 is 5.54 Å². The Hall–Kier alpha value is -2.30. The van der Waals surface area contributed by atoms with Crippen molar-refractivity contribution in [3.63, 3.8) is 0 Å². The van der Waals surface area contributed by atoms with Gasteiger partial charge in [-0.05, 0) is 87.7 Å². The molecule has 184 valence electrons. The van der Waals surface area contributed by atoms with Gasteiger partial charge in [0.2, 0.25) is 11.8 Å². The topological polar surface area (TPSA) is 67.4 Å². The number of ether oxygens (including phenoxy) is 1. The highest BCUT2D eigenvalue weighted by atomic mass is 16.5. The number of carbonyl (C=O) groups is 2. The molecule has 1 heterocycles. The third kappa shape index (κ3) is 3.49. The second-order valence-electron chi connectivity index (χ2n) is 12.2. The van der Waals surface area contributed by atoms with E-state index >= 15 is 0 Å². The van der Waals surface area contributed by atoms with Gasteiger partial charge >= 0.3 is 0 Å². The smallest absolute Gasteiger partial charge is 0.243 e. The maximum absolute atomic E-state index is 13.8. The number of benzene rings is 1. The van der Waals surface area contributed by atoms with Gasteiger partial charge in [0.15, 0.2) is 0 Å². The van der Waals surface area contributed by atoms with Crippen LogP contribution in [0.25, 0.3) is 0 Å². The Morgan fingerprint density at radius 2 is 1.85 bits per heavy atom. The summed E-state index contributed by atoms with van der Waals surface area (Å²) in [7, 11) is 1.68. The van der Waals surface area contributed by atoms with Crippen LogP contribution in [0.3, 0.4) is 0 Å². The van der Waals surface area contributed by atoms with Crippen molar-refractivity contribution < 1.29 is 14.3 Å². The van der Waals surface area contributed by atoms with E-state index in [1.165, 1.54) is 0 Å². The summed E-state index contributed by atoms with van der Waals surface area (Å²) >= 11 is 0. The zero-order valence-corrected chi connectivity index (χ0v) is 21.3. The molecule has 3 saturated carbocycles. The summed E-state index contributed by atoms with van der Waals surface area (Å²) < 4.78 is 5.58. The quantitative estimate of drug-likeness (QED) is 0.662. The van der Waals surface area contributed by atoms with Crippen molar-refractivity contribution in [2.24, 2.45) is 34.5 Å². The molecule has 34 heavy (non-hydrogen) atoms. The van der Waals surface area contributed by atoms with E-state index in [0.717, 1.165) is 49.8 Å². The molecule has 5 heteroatoms. The van der Waals surface area contributed by atoms with Crippen LogP contribution in [0.15, 0.2) is 36.4 Å². The van der Waals surface area contributed by atoms with Crippen LogP contribution < -0.4 is 15.4 Å². The van der Waals surface area contributed by atoms with Gasteiger partial charge < -0.3 is 15.4 Å². The van der Waals surface area contributed by atoms with Crippen molar-refractivity contribution in [1.29, 1.82) is 0 Å². The van der Waals surface area contributed by atoms with Gasteiger partial charge in [-0.1, -0.05) is 38.1 Å². The lowest BCUT2D eigenvalue weighted by Crippen LogP contribution is -2.59. The third-order valence-corrected chi connectivity index (χ3v) is 10.2. The van der Waals surface area contributed by atoms with Crippen LogP contribution in [-0.4, -0.2) is 25.0 Å². The Kier molecular flexibility index (Phi) is 5.61. The van der Waals surface area contributed by atoms with Crippen molar-refractivity contribution in [3.8, 4) is 5.75 Å². The Morgan fingerprint density at radius 3 is 2.62 bits per heavy atom. The van der Waals surface area contributed by atoms with Crippen molar-refractivity contribution in [2.45, 2.75) is 77.8 Å². The van der Waals surface area contributed by atoms with Gasteiger partial charge in [0.25, 0.3) is 0 Å². The number of hydrogen-bond donors (Lipinski definition) is 2. The second kappa shape index (κ2) is 8.13. The fraction of sp³-hybridized carbons (Fsp3) is 0.655. The van der Waals surface area contributed by atoms with E-state index in [9.17, 15) is 9.59 Å². The molecule has 5 nitrogen and oxygen atoms in total. The van der Waals surface area contributed by atoms with Crippen molar-refractivity contribution in [3.05, 3.63) is 42.0 Å². The van der Waals surface area contributed by atoms with Gasteiger partial charge in [-0.3, -0.25) is 9.59 Å². The van der Waals surface area contributed by atoms with Gasteiger partial charge in [-0.15, -0.1) is 0 Å². The van der Waals surface area contributed by atoms with Crippen molar-refractivity contribution in [1.82, 2.24) is 10.6 Å². The van der Waals surface area contributed by atoms with E-state index in [0.29, 0.717) is 17.8 Å². The number of carbonyl (C=O) groups excluding carboxylic acids is 2. The van der Waals surface area contributed by atoms with E-state index in [1.807, 2.05) is 24.3 Å². The van der Waals surface area contributed by atoms with Crippen LogP contribution in [-0.2, 0) is 15.1 Å². The number of hydrogen-bond acceptors (Lipinski definition) is 3. The number of rotatable bonds is 4. The Balaban J connectivity index is 1.36. The molecule has 0 radical (unpaired) electrons. The molecule has 2 N–H and O–H groups in total. The minimum absolute atomic E-state index is 0.0321. The van der Waals surface area contributed by atoms with Gasteiger partial charge in [-0.25, -0.2) is 0 Å². The lowest BCUT2D eigenvalue weighted by atomic mass is 9.48. The molecule has 2 amide bonds. The van der Waals surface area contributed by atoms with Crippen LogP contribution in [0.4, 0.5) is 0 Å². The van der Waals surface area contributed by atoms with Gasteiger partial charge in [0, 0.05) is 22.9 Å². The van der Waals surface area contributed by atoms with Crippen LogP contribution in [0.1, 0.15) is 71.8 Å². The third-order valence-electron chi connectivity index (χ3n) is 10.2. The lowest BCUT2D eigenvalue weighted by molar-refractivity contribution is -0.135. The fourth-order valence-electron chi connectivity index (χ4n) is 8.39. The van der Waals surface area contributed by atoms with Gasteiger partial charge in [0.1, 0.15) is 5.75 Å². The average molecular weight is 465 g/mol. The normalized spacial score (nSPS) is 38.9. The molecule has 0 saturated heterocycles. The first-order chi connectivity index (χ1) is 16.1. The highest BCUT2D eigenvalue weighted by molar-refractivity contribution is 5.89. The van der Waals surface area contributed by atoms with E-state index in [4.69, 9.17) is 4.74 Å². The van der Waals surface area contributed by atoms with Crippen LogP contribution in [0.5, 0.6) is 5.75 Å². The molecule has 1 aromatic rings. The van der Waals surface area contributed by atoms with Crippen molar-refractivity contribution >= 4 is 11.8 Å². The molecule has 0 unspecified atom stereocenters. The first-order valence-corrected chi connectivity index (χ1v) is 13.1. The fourth-order valence-corrected chi connectivity index (χ4v) is 8.39. The summed E-state index contributed by atoms with van der Waals surface area (Å²) in [5.41, 5.74) is 0.565. The summed E-state index contributed by atoms with van der Waals surface area (Å²) in [6.45, 7) is 8.87. The number of fused-ring (bicyclic) bond motifs is 5. The molecule has 1 aliphatic heterocycles. The second-order valence-corrected chi connectivity index (χ2v) is 12.2. The molecule has 1 aromatic carbocycles. The molecule has 5 rings (SSSR count). The Labute approximate surface area is 204 Å². The highest BCUT2D eigenvalue weighted by Crippen LogP contribution is 2.65.